The summed E-state index contributed by atoms with van der Waals surface area (Å²) in [7, 11) is 0. The van der Waals surface area contributed by atoms with E-state index in [4.69, 9.17) is 11.0 Å². The Hall–Kier alpha value is -3.41. The molecule has 0 heterocycles. The van der Waals surface area contributed by atoms with Crippen molar-refractivity contribution in [3.8, 4) is 11.8 Å². The van der Waals surface area contributed by atoms with E-state index in [0.29, 0.717) is 11.3 Å². The molecule has 7 nitrogen and oxygen atoms in total. The summed E-state index contributed by atoms with van der Waals surface area (Å²) in [5.41, 5.74) is 5.89. The molecule has 0 spiro atoms. The van der Waals surface area contributed by atoms with E-state index in [9.17, 15) is 18.9 Å². The van der Waals surface area contributed by atoms with Gasteiger partial charge in [0, 0.05) is 12.2 Å². The maximum Gasteiger partial charge on any atom is 0.387 e. The van der Waals surface area contributed by atoms with Gasteiger partial charge in [0.2, 0.25) is 0 Å². The second-order valence-electron chi connectivity index (χ2n) is 4.71. The van der Waals surface area contributed by atoms with Crippen LogP contribution in [0.1, 0.15) is 11.1 Å². The quantitative estimate of drug-likeness (QED) is 0.476. The SMILES string of the molecule is N#Cc1cc(NCc2cccc(OC(F)F)c2)cc(N)c1[N+](=O)[O-]. The first kappa shape index (κ1) is 17.0. The molecule has 0 fully saturated rings. The van der Waals surface area contributed by atoms with E-state index in [1.165, 1.54) is 24.3 Å². The number of nitrogens with two attached hydrogens (primary N) is 1. The Morgan fingerprint density at radius 3 is 2.75 bits per heavy atom. The Bertz CT molecular complexity index is 806. The van der Waals surface area contributed by atoms with E-state index in [0.717, 1.165) is 0 Å². The van der Waals surface area contributed by atoms with Crippen LogP contribution < -0.4 is 15.8 Å². The van der Waals surface area contributed by atoms with Gasteiger partial charge in [0.15, 0.2) is 0 Å². The Morgan fingerprint density at radius 2 is 2.12 bits per heavy atom. The molecule has 0 radical (unpaired) electrons. The first-order chi connectivity index (χ1) is 11.4. The van der Waals surface area contributed by atoms with Crippen molar-refractivity contribution >= 4 is 17.1 Å². The second kappa shape index (κ2) is 7.23. The second-order valence-corrected chi connectivity index (χ2v) is 4.71. The molecule has 0 aromatic heterocycles. The highest BCUT2D eigenvalue weighted by Crippen LogP contribution is 2.30. The predicted molar refractivity (Wildman–Crippen MR) is 82.6 cm³/mol. The fourth-order valence-corrected chi connectivity index (χ4v) is 2.08. The summed E-state index contributed by atoms with van der Waals surface area (Å²) < 4.78 is 28.7. The van der Waals surface area contributed by atoms with Crippen molar-refractivity contribution in [2.24, 2.45) is 0 Å². The maximum atomic E-state index is 12.2. The van der Waals surface area contributed by atoms with Gasteiger partial charge in [0.1, 0.15) is 23.1 Å². The number of ether oxygens (including phenoxy) is 1. The number of nitrogens with zero attached hydrogens (tertiary/aromatic N) is 2. The Labute approximate surface area is 135 Å². The van der Waals surface area contributed by atoms with E-state index in [1.54, 1.807) is 18.2 Å². The third-order valence-corrected chi connectivity index (χ3v) is 3.06. The Kier molecular flexibility index (Phi) is 5.11. The number of hydrogen-bond acceptors (Lipinski definition) is 6. The number of alkyl halides is 2. The molecule has 0 aliphatic heterocycles. The van der Waals surface area contributed by atoms with Gasteiger partial charge in [0.25, 0.3) is 0 Å². The van der Waals surface area contributed by atoms with Crippen LogP contribution in [0.4, 0.5) is 25.8 Å². The molecule has 0 atom stereocenters. The summed E-state index contributed by atoms with van der Waals surface area (Å²) in [4.78, 5) is 10.2. The lowest BCUT2D eigenvalue weighted by Gasteiger charge is -2.10. The van der Waals surface area contributed by atoms with Crippen LogP contribution in [0, 0.1) is 21.4 Å². The zero-order chi connectivity index (χ0) is 17.7. The number of benzene rings is 2. The van der Waals surface area contributed by atoms with Gasteiger partial charge in [-0.05, 0) is 29.8 Å². The molecule has 0 saturated heterocycles. The predicted octanol–water partition coefficient (Wildman–Crippen LogP) is 3.26. The summed E-state index contributed by atoms with van der Waals surface area (Å²) in [5, 5.41) is 22.8. The van der Waals surface area contributed by atoms with E-state index in [2.05, 4.69) is 10.1 Å². The normalized spacial score (nSPS) is 10.2. The van der Waals surface area contributed by atoms with Crippen LogP contribution >= 0.6 is 0 Å². The Balaban J connectivity index is 2.17. The molecule has 0 unspecified atom stereocenters. The van der Waals surface area contributed by atoms with Crippen molar-refractivity contribution in [3.05, 3.63) is 57.6 Å². The molecule has 0 saturated carbocycles. The van der Waals surface area contributed by atoms with Gasteiger partial charge in [-0.15, -0.1) is 0 Å². The molecule has 0 aliphatic rings. The minimum atomic E-state index is -2.92. The van der Waals surface area contributed by atoms with Gasteiger partial charge in [-0.3, -0.25) is 10.1 Å². The average Bonchev–Trinajstić information content (AvgIpc) is 2.51. The van der Waals surface area contributed by atoms with Gasteiger partial charge >= 0.3 is 12.3 Å². The molecule has 0 aliphatic carbocycles. The zero-order valence-corrected chi connectivity index (χ0v) is 12.2. The first-order valence-electron chi connectivity index (χ1n) is 6.66. The first-order valence-corrected chi connectivity index (χ1v) is 6.66. The summed E-state index contributed by atoms with van der Waals surface area (Å²) in [6.07, 6.45) is 0. The van der Waals surface area contributed by atoms with Gasteiger partial charge < -0.3 is 15.8 Å². The maximum absolute atomic E-state index is 12.2. The van der Waals surface area contributed by atoms with Crippen LogP contribution in [-0.4, -0.2) is 11.5 Å². The highest BCUT2D eigenvalue weighted by atomic mass is 19.3. The van der Waals surface area contributed by atoms with Crippen LogP contribution in [0.25, 0.3) is 0 Å². The highest BCUT2D eigenvalue weighted by molar-refractivity contribution is 5.72. The van der Waals surface area contributed by atoms with Gasteiger partial charge in [-0.2, -0.15) is 14.0 Å². The number of nitriles is 1. The standard InChI is InChI=1S/C15H12F2N4O3/c16-15(17)24-12-3-1-2-9(4-12)8-20-11-5-10(7-18)14(21(22)23)13(19)6-11/h1-6,15,20H,8,19H2. The monoisotopic (exact) mass is 334 g/mol. The molecule has 124 valence electrons. The fourth-order valence-electron chi connectivity index (χ4n) is 2.08. The molecule has 2 aromatic carbocycles. The third kappa shape index (κ3) is 4.07. The van der Waals surface area contributed by atoms with E-state index in [-0.39, 0.29) is 23.5 Å². The van der Waals surface area contributed by atoms with Crippen molar-refractivity contribution in [1.29, 1.82) is 5.26 Å². The lowest BCUT2D eigenvalue weighted by atomic mass is 10.1. The number of halogens is 2. The molecule has 24 heavy (non-hydrogen) atoms. The van der Waals surface area contributed by atoms with Crippen molar-refractivity contribution in [2.75, 3.05) is 11.1 Å². The molecule has 9 heteroatoms. The topological polar surface area (TPSA) is 114 Å². The van der Waals surface area contributed by atoms with Crippen molar-refractivity contribution in [3.63, 3.8) is 0 Å². The minimum absolute atomic E-state index is 0.0187. The molecule has 0 amide bonds. The van der Waals surface area contributed by atoms with E-state index in [1.807, 2.05) is 0 Å². The number of nitrogens with one attached hydrogen (secondary N) is 1. The zero-order valence-electron chi connectivity index (χ0n) is 12.2. The lowest BCUT2D eigenvalue weighted by molar-refractivity contribution is -0.384. The third-order valence-electron chi connectivity index (χ3n) is 3.06. The number of anilines is 2. The van der Waals surface area contributed by atoms with Gasteiger partial charge in [0.05, 0.1) is 4.92 Å². The lowest BCUT2D eigenvalue weighted by Crippen LogP contribution is -2.05. The molecule has 0 bridgehead atoms. The van der Waals surface area contributed by atoms with E-state index >= 15 is 0 Å². The smallest absolute Gasteiger partial charge is 0.387 e. The van der Waals surface area contributed by atoms with Crippen LogP contribution in [-0.2, 0) is 6.54 Å². The van der Waals surface area contributed by atoms with Crippen molar-refractivity contribution in [1.82, 2.24) is 0 Å². The van der Waals surface area contributed by atoms with Gasteiger partial charge in [-0.25, -0.2) is 0 Å². The number of hydrogen-bond donors (Lipinski definition) is 2. The highest BCUT2D eigenvalue weighted by Gasteiger charge is 2.19. The largest absolute Gasteiger partial charge is 0.435 e. The fraction of sp³-hybridized carbons (Fsp3) is 0.133. The molecule has 2 rings (SSSR count). The number of nitro groups is 1. The number of nitro benzene ring substituents is 1. The summed E-state index contributed by atoms with van der Waals surface area (Å²) in [5.74, 6) is 0.0187. The van der Waals surface area contributed by atoms with Crippen LogP contribution in [0.15, 0.2) is 36.4 Å². The van der Waals surface area contributed by atoms with Crippen LogP contribution in [0.2, 0.25) is 0 Å². The molecule has 2 aromatic rings. The average molecular weight is 334 g/mol. The van der Waals surface area contributed by atoms with Crippen molar-refractivity contribution in [2.45, 2.75) is 13.2 Å². The minimum Gasteiger partial charge on any atom is -0.435 e. The molecular weight excluding hydrogens is 322 g/mol. The number of rotatable bonds is 6. The van der Waals surface area contributed by atoms with Crippen LogP contribution in [0.5, 0.6) is 5.75 Å². The summed E-state index contributed by atoms with van der Waals surface area (Å²) in [6, 6.07) is 10.4. The summed E-state index contributed by atoms with van der Waals surface area (Å²) >= 11 is 0. The van der Waals surface area contributed by atoms with Gasteiger partial charge in [-0.1, -0.05) is 12.1 Å². The molecule has 3 N–H and O–H groups in total. The van der Waals surface area contributed by atoms with Crippen LogP contribution in [0.3, 0.4) is 0 Å². The summed E-state index contributed by atoms with van der Waals surface area (Å²) in [6.45, 7) is -2.69. The number of nitrogen functional groups attached to an aromatic ring is 1. The van der Waals surface area contributed by atoms with Crippen molar-refractivity contribution < 1.29 is 18.4 Å². The van der Waals surface area contributed by atoms with E-state index < -0.39 is 17.2 Å². The molecular formula is C15H12F2N4O3. The Morgan fingerprint density at radius 1 is 1.38 bits per heavy atom.